The fourth-order valence-electron chi connectivity index (χ4n) is 2.63. The van der Waals surface area contributed by atoms with E-state index in [0.29, 0.717) is 33.4 Å². The smallest absolute Gasteiger partial charge is 0.291 e. The molecule has 6 nitrogen and oxygen atoms in total. The van der Waals surface area contributed by atoms with Gasteiger partial charge < -0.3 is 9.47 Å². The number of nitrogens with zero attached hydrogens (tertiary/aromatic N) is 3. The summed E-state index contributed by atoms with van der Waals surface area (Å²) >= 11 is 2.91. The lowest BCUT2D eigenvalue weighted by Crippen LogP contribution is -2.26. The molecule has 3 aromatic heterocycles. The van der Waals surface area contributed by atoms with Crippen LogP contribution in [0, 0.1) is 0 Å². The number of para-hydroxylation sites is 2. The van der Waals surface area contributed by atoms with Gasteiger partial charge in [0.2, 0.25) is 4.96 Å². The summed E-state index contributed by atoms with van der Waals surface area (Å²) in [4.78, 5) is 18.6. The van der Waals surface area contributed by atoms with Crippen LogP contribution in [0.1, 0.15) is 16.8 Å². The van der Waals surface area contributed by atoms with E-state index >= 15 is 0 Å². The summed E-state index contributed by atoms with van der Waals surface area (Å²) in [6.45, 7) is 0.317. The van der Waals surface area contributed by atoms with Gasteiger partial charge in [0, 0.05) is 4.88 Å². The first-order valence-corrected chi connectivity index (χ1v) is 9.31. The summed E-state index contributed by atoms with van der Waals surface area (Å²) in [5, 5.41) is 6.32. The topological polar surface area (TPSA) is 65.7 Å². The first kappa shape index (κ1) is 14.6. The van der Waals surface area contributed by atoms with E-state index in [4.69, 9.17) is 9.47 Å². The Morgan fingerprint density at radius 1 is 1.20 bits per heavy atom. The molecule has 25 heavy (non-hydrogen) atoms. The Morgan fingerprint density at radius 2 is 2.08 bits per heavy atom. The minimum atomic E-state index is -0.425. The average Bonchev–Trinajstić information content (AvgIpc) is 3.35. The van der Waals surface area contributed by atoms with Crippen molar-refractivity contribution in [2.75, 3.05) is 6.61 Å². The van der Waals surface area contributed by atoms with Gasteiger partial charge in [-0.05, 0) is 29.7 Å². The largest absolute Gasteiger partial charge is 0.485 e. The van der Waals surface area contributed by atoms with Crippen LogP contribution in [0.5, 0.6) is 11.5 Å². The lowest BCUT2D eigenvalue weighted by atomic mass is 10.2. The Balaban J connectivity index is 1.51. The molecule has 0 saturated carbocycles. The number of thiazole rings is 1. The molecule has 0 fully saturated rings. The van der Waals surface area contributed by atoms with Gasteiger partial charge in [0.1, 0.15) is 6.61 Å². The molecule has 1 unspecified atom stereocenters. The van der Waals surface area contributed by atoms with Crippen LogP contribution in [0.25, 0.3) is 11.0 Å². The molecule has 5 rings (SSSR count). The molecule has 0 radical (unpaired) electrons. The van der Waals surface area contributed by atoms with Crippen molar-refractivity contribution in [3.63, 3.8) is 0 Å². The SMILES string of the molecule is O=c1/c(=C/c2cccs2)sc2nc(C3COc4ccccc4O3)nn12. The monoisotopic (exact) mass is 369 g/mol. The van der Waals surface area contributed by atoms with E-state index in [1.165, 1.54) is 15.9 Å². The molecule has 1 aliphatic rings. The van der Waals surface area contributed by atoms with Crippen LogP contribution in [0.4, 0.5) is 0 Å². The number of benzene rings is 1. The van der Waals surface area contributed by atoms with Gasteiger partial charge in [0.05, 0.1) is 4.53 Å². The minimum absolute atomic E-state index is 0.163. The third kappa shape index (κ3) is 2.50. The summed E-state index contributed by atoms with van der Waals surface area (Å²) in [6, 6.07) is 11.4. The van der Waals surface area contributed by atoms with Crippen molar-refractivity contribution in [3.8, 4) is 11.5 Å². The maximum Gasteiger partial charge on any atom is 0.291 e. The highest BCUT2D eigenvalue weighted by molar-refractivity contribution is 7.15. The summed E-state index contributed by atoms with van der Waals surface area (Å²) in [5.41, 5.74) is -0.163. The van der Waals surface area contributed by atoms with Gasteiger partial charge in [-0.1, -0.05) is 29.5 Å². The highest BCUT2D eigenvalue weighted by Crippen LogP contribution is 2.35. The van der Waals surface area contributed by atoms with Crippen molar-refractivity contribution in [2.24, 2.45) is 0 Å². The molecule has 0 amide bonds. The molecule has 1 aromatic carbocycles. The third-order valence-corrected chi connectivity index (χ3v) is 5.59. The van der Waals surface area contributed by atoms with Gasteiger partial charge in [0.15, 0.2) is 23.4 Å². The predicted octanol–water partition coefficient (Wildman–Crippen LogP) is 2.27. The second kappa shape index (κ2) is 5.68. The van der Waals surface area contributed by atoms with Crippen molar-refractivity contribution >= 4 is 33.7 Å². The van der Waals surface area contributed by atoms with E-state index in [-0.39, 0.29) is 5.56 Å². The van der Waals surface area contributed by atoms with Crippen LogP contribution in [0.2, 0.25) is 0 Å². The molecule has 0 aliphatic carbocycles. The molecule has 4 heterocycles. The Bertz CT molecular complexity index is 1160. The van der Waals surface area contributed by atoms with Gasteiger partial charge in [-0.25, -0.2) is 0 Å². The van der Waals surface area contributed by atoms with E-state index in [1.54, 1.807) is 11.3 Å². The fraction of sp³-hybridized carbons (Fsp3) is 0.118. The zero-order valence-electron chi connectivity index (χ0n) is 12.8. The van der Waals surface area contributed by atoms with Crippen LogP contribution in [0.15, 0.2) is 46.6 Å². The van der Waals surface area contributed by atoms with Crippen LogP contribution < -0.4 is 19.6 Å². The number of fused-ring (bicyclic) bond motifs is 2. The van der Waals surface area contributed by atoms with Gasteiger partial charge in [-0.15, -0.1) is 16.4 Å². The van der Waals surface area contributed by atoms with Gasteiger partial charge >= 0.3 is 0 Å². The molecule has 0 bridgehead atoms. The highest BCUT2D eigenvalue weighted by Gasteiger charge is 2.26. The van der Waals surface area contributed by atoms with E-state index in [0.717, 1.165) is 4.88 Å². The molecule has 1 aliphatic heterocycles. The van der Waals surface area contributed by atoms with Gasteiger partial charge in [-0.3, -0.25) is 4.79 Å². The second-order valence-electron chi connectivity index (χ2n) is 5.46. The van der Waals surface area contributed by atoms with E-state index in [2.05, 4.69) is 10.1 Å². The van der Waals surface area contributed by atoms with Crippen molar-refractivity contribution in [2.45, 2.75) is 6.10 Å². The second-order valence-corrected chi connectivity index (χ2v) is 7.45. The molecule has 124 valence electrons. The maximum absolute atomic E-state index is 12.5. The number of hydrogen-bond donors (Lipinski definition) is 0. The summed E-state index contributed by atoms with van der Waals surface area (Å²) < 4.78 is 13.6. The van der Waals surface area contributed by atoms with Crippen molar-refractivity contribution in [3.05, 3.63) is 67.4 Å². The first-order valence-electron chi connectivity index (χ1n) is 7.61. The summed E-state index contributed by atoms with van der Waals surface area (Å²) in [6.07, 6.45) is 1.44. The fourth-order valence-corrected chi connectivity index (χ4v) is 4.27. The minimum Gasteiger partial charge on any atom is -0.485 e. The van der Waals surface area contributed by atoms with Crippen LogP contribution in [-0.2, 0) is 0 Å². The van der Waals surface area contributed by atoms with Gasteiger partial charge in [0.25, 0.3) is 5.56 Å². The molecular formula is C17H11N3O3S2. The van der Waals surface area contributed by atoms with E-state index in [1.807, 2.05) is 47.9 Å². The molecule has 4 aromatic rings. The van der Waals surface area contributed by atoms with Crippen molar-refractivity contribution < 1.29 is 9.47 Å². The highest BCUT2D eigenvalue weighted by atomic mass is 32.1. The quantitative estimate of drug-likeness (QED) is 0.542. The predicted molar refractivity (Wildman–Crippen MR) is 95.5 cm³/mol. The average molecular weight is 369 g/mol. The molecule has 1 atom stereocenters. The Labute approximate surface area is 149 Å². The molecule has 0 saturated heterocycles. The zero-order chi connectivity index (χ0) is 16.8. The molecule has 8 heteroatoms. The maximum atomic E-state index is 12.5. The molecule has 0 spiro atoms. The normalized spacial score (nSPS) is 17.3. The van der Waals surface area contributed by atoms with Crippen LogP contribution in [0.3, 0.4) is 0 Å². The zero-order valence-corrected chi connectivity index (χ0v) is 14.4. The van der Waals surface area contributed by atoms with Crippen molar-refractivity contribution in [1.29, 1.82) is 0 Å². The number of rotatable bonds is 2. The standard InChI is InChI=1S/C17H11N3O3S2/c21-16-14(8-10-4-3-7-24-10)25-17-18-15(19-20(16)17)13-9-22-11-5-1-2-6-12(11)23-13/h1-8,13H,9H2/b14-8-. The first-order chi connectivity index (χ1) is 12.3. The van der Waals surface area contributed by atoms with Crippen LogP contribution in [-0.4, -0.2) is 21.2 Å². The van der Waals surface area contributed by atoms with Crippen LogP contribution >= 0.6 is 22.7 Å². The third-order valence-electron chi connectivity index (χ3n) is 3.81. The number of hydrogen-bond acceptors (Lipinski definition) is 7. The van der Waals surface area contributed by atoms with E-state index < -0.39 is 6.10 Å². The number of aromatic nitrogens is 3. The lowest BCUT2D eigenvalue weighted by molar-refractivity contribution is 0.0852. The lowest BCUT2D eigenvalue weighted by Gasteiger charge is -2.24. The summed E-state index contributed by atoms with van der Waals surface area (Å²) in [7, 11) is 0. The Kier molecular flexibility index (Phi) is 3.32. The van der Waals surface area contributed by atoms with Gasteiger partial charge in [-0.2, -0.15) is 9.50 Å². The summed E-state index contributed by atoms with van der Waals surface area (Å²) in [5.74, 6) is 1.82. The number of ether oxygens (including phenoxy) is 2. The van der Waals surface area contributed by atoms with Crippen molar-refractivity contribution in [1.82, 2.24) is 14.6 Å². The van der Waals surface area contributed by atoms with E-state index in [9.17, 15) is 4.79 Å². The molecule has 0 N–H and O–H groups in total. The Morgan fingerprint density at radius 3 is 2.88 bits per heavy atom. The molecular weight excluding hydrogens is 358 g/mol. The Hall–Kier alpha value is -2.71. The number of thiophene rings is 1.